The maximum Gasteiger partial charge on any atom is 0.276 e. The second-order valence-electron chi connectivity index (χ2n) is 6.00. The Morgan fingerprint density at radius 2 is 1.79 bits per heavy atom. The van der Waals surface area contributed by atoms with Crippen LogP contribution in [0, 0.1) is 0 Å². The molecule has 0 amide bonds. The SMILES string of the molecule is CCNS(=O)(=O)NCC(c1ccc(N(C)C)cc1)N1CCOCC1. The van der Waals surface area contributed by atoms with Gasteiger partial charge < -0.3 is 9.64 Å². The van der Waals surface area contributed by atoms with E-state index in [0.29, 0.717) is 26.3 Å². The van der Waals surface area contributed by atoms with Crippen molar-refractivity contribution >= 4 is 15.9 Å². The van der Waals surface area contributed by atoms with E-state index in [1.165, 1.54) is 0 Å². The third kappa shape index (κ3) is 5.42. The summed E-state index contributed by atoms with van der Waals surface area (Å²) in [5, 5.41) is 0. The van der Waals surface area contributed by atoms with Gasteiger partial charge in [0.15, 0.2) is 0 Å². The lowest BCUT2D eigenvalue weighted by molar-refractivity contribution is 0.0172. The Kier molecular flexibility index (Phi) is 7.00. The molecule has 2 rings (SSSR count). The van der Waals surface area contributed by atoms with Gasteiger partial charge in [-0.15, -0.1) is 0 Å². The summed E-state index contributed by atoms with van der Waals surface area (Å²) in [7, 11) is 0.537. The van der Waals surface area contributed by atoms with Crippen LogP contribution in [-0.4, -0.2) is 66.8 Å². The summed E-state index contributed by atoms with van der Waals surface area (Å²) in [4.78, 5) is 4.31. The van der Waals surface area contributed by atoms with Crippen LogP contribution in [-0.2, 0) is 14.9 Å². The van der Waals surface area contributed by atoms with Crippen molar-refractivity contribution < 1.29 is 13.2 Å². The van der Waals surface area contributed by atoms with E-state index >= 15 is 0 Å². The first kappa shape index (κ1) is 19.1. The summed E-state index contributed by atoms with van der Waals surface area (Å²) in [6.07, 6.45) is 0. The minimum atomic E-state index is -3.46. The van der Waals surface area contributed by atoms with E-state index in [1.807, 2.05) is 19.0 Å². The summed E-state index contributed by atoms with van der Waals surface area (Å²) in [6, 6.07) is 8.23. The van der Waals surface area contributed by atoms with Crippen LogP contribution < -0.4 is 14.3 Å². The molecule has 1 aliphatic heterocycles. The van der Waals surface area contributed by atoms with Crippen LogP contribution in [0.25, 0.3) is 0 Å². The number of nitrogens with zero attached hydrogens (tertiary/aromatic N) is 2. The minimum absolute atomic E-state index is 0.0152. The number of hydrogen-bond acceptors (Lipinski definition) is 5. The van der Waals surface area contributed by atoms with Gasteiger partial charge in [-0.3, -0.25) is 4.90 Å². The molecule has 1 aromatic rings. The van der Waals surface area contributed by atoms with Crippen LogP contribution in [0.2, 0.25) is 0 Å². The summed E-state index contributed by atoms with van der Waals surface area (Å²) >= 11 is 0. The molecule has 0 saturated carbocycles. The highest BCUT2D eigenvalue weighted by Gasteiger charge is 2.24. The first-order chi connectivity index (χ1) is 11.4. The first-order valence-corrected chi connectivity index (χ1v) is 9.74. The molecular formula is C16H28N4O3S. The molecule has 1 unspecified atom stereocenters. The molecule has 7 nitrogen and oxygen atoms in total. The molecule has 1 atom stereocenters. The Labute approximate surface area is 145 Å². The number of hydrogen-bond donors (Lipinski definition) is 2. The molecule has 2 N–H and O–H groups in total. The fourth-order valence-electron chi connectivity index (χ4n) is 2.77. The highest BCUT2D eigenvalue weighted by Crippen LogP contribution is 2.23. The number of rotatable bonds is 8. The summed E-state index contributed by atoms with van der Waals surface area (Å²) < 4.78 is 34.4. The van der Waals surface area contributed by atoms with Crippen molar-refractivity contribution in [2.24, 2.45) is 0 Å². The summed E-state index contributed by atoms with van der Waals surface area (Å²) in [5.74, 6) is 0. The fraction of sp³-hybridized carbons (Fsp3) is 0.625. The number of anilines is 1. The van der Waals surface area contributed by atoms with E-state index in [2.05, 4.69) is 38.6 Å². The molecule has 1 aliphatic rings. The zero-order chi connectivity index (χ0) is 17.6. The molecule has 8 heteroatoms. The fourth-order valence-corrected chi connectivity index (χ4v) is 3.63. The van der Waals surface area contributed by atoms with Crippen molar-refractivity contribution in [3.05, 3.63) is 29.8 Å². The van der Waals surface area contributed by atoms with Gasteiger partial charge in [0.2, 0.25) is 0 Å². The molecule has 0 aliphatic carbocycles. The summed E-state index contributed by atoms with van der Waals surface area (Å²) in [6.45, 7) is 5.40. The Bertz CT molecular complexity index is 598. The highest BCUT2D eigenvalue weighted by molar-refractivity contribution is 7.87. The smallest absolute Gasteiger partial charge is 0.276 e. The van der Waals surface area contributed by atoms with Crippen LogP contribution in [0.3, 0.4) is 0 Å². The van der Waals surface area contributed by atoms with E-state index in [0.717, 1.165) is 24.3 Å². The Morgan fingerprint density at radius 1 is 1.17 bits per heavy atom. The molecule has 0 bridgehead atoms. The Morgan fingerprint density at radius 3 is 2.33 bits per heavy atom. The predicted molar refractivity (Wildman–Crippen MR) is 96.5 cm³/mol. The topological polar surface area (TPSA) is 73.9 Å². The van der Waals surface area contributed by atoms with Crippen molar-refractivity contribution in [3.63, 3.8) is 0 Å². The van der Waals surface area contributed by atoms with E-state index in [-0.39, 0.29) is 6.04 Å². The van der Waals surface area contributed by atoms with Crippen molar-refractivity contribution in [1.29, 1.82) is 0 Å². The quantitative estimate of drug-likeness (QED) is 0.712. The van der Waals surface area contributed by atoms with Crippen LogP contribution in [0.4, 0.5) is 5.69 Å². The second-order valence-corrected chi connectivity index (χ2v) is 7.58. The molecule has 1 saturated heterocycles. The first-order valence-electron chi connectivity index (χ1n) is 8.26. The lowest BCUT2D eigenvalue weighted by Gasteiger charge is -2.35. The molecule has 1 heterocycles. The van der Waals surface area contributed by atoms with E-state index < -0.39 is 10.2 Å². The predicted octanol–water partition coefficient (Wildman–Crippen LogP) is 0.570. The van der Waals surface area contributed by atoms with Gasteiger partial charge in [-0.05, 0) is 17.7 Å². The number of ether oxygens (including phenoxy) is 1. The Hall–Kier alpha value is -1.19. The molecule has 136 valence electrons. The number of benzene rings is 1. The van der Waals surface area contributed by atoms with E-state index in [9.17, 15) is 8.42 Å². The third-order valence-corrected chi connectivity index (χ3v) is 5.30. The lowest BCUT2D eigenvalue weighted by atomic mass is 10.0. The molecular weight excluding hydrogens is 328 g/mol. The van der Waals surface area contributed by atoms with E-state index in [1.54, 1.807) is 6.92 Å². The maximum atomic E-state index is 11.9. The van der Waals surface area contributed by atoms with Gasteiger partial charge in [0.25, 0.3) is 10.2 Å². The normalized spacial score (nSPS) is 17.6. The van der Waals surface area contributed by atoms with Gasteiger partial charge >= 0.3 is 0 Å². The highest BCUT2D eigenvalue weighted by atomic mass is 32.2. The monoisotopic (exact) mass is 356 g/mol. The van der Waals surface area contributed by atoms with Gasteiger partial charge in [0, 0.05) is 52.0 Å². The zero-order valence-corrected chi connectivity index (χ0v) is 15.5. The lowest BCUT2D eigenvalue weighted by Crippen LogP contribution is -2.46. The van der Waals surface area contributed by atoms with Crippen LogP contribution in [0.1, 0.15) is 18.5 Å². The molecule has 0 aromatic heterocycles. The standard InChI is InChI=1S/C16H28N4O3S/c1-4-17-24(21,22)18-13-16(20-9-11-23-12-10-20)14-5-7-15(8-6-14)19(2)3/h5-8,16-18H,4,9-13H2,1-3H3. The molecule has 0 radical (unpaired) electrons. The maximum absolute atomic E-state index is 11.9. The Balaban J connectivity index is 2.15. The second kappa shape index (κ2) is 8.77. The van der Waals surface area contributed by atoms with Crippen LogP contribution >= 0.6 is 0 Å². The number of morpholine rings is 1. The third-order valence-electron chi connectivity index (χ3n) is 4.08. The van der Waals surface area contributed by atoms with Gasteiger partial charge in [-0.1, -0.05) is 19.1 Å². The molecule has 24 heavy (non-hydrogen) atoms. The summed E-state index contributed by atoms with van der Waals surface area (Å²) in [5.41, 5.74) is 2.22. The molecule has 1 aromatic carbocycles. The number of nitrogens with one attached hydrogen (secondary N) is 2. The van der Waals surface area contributed by atoms with Gasteiger partial charge in [-0.25, -0.2) is 9.44 Å². The average Bonchev–Trinajstić information content (AvgIpc) is 2.56. The van der Waals surface area contributed by atoms with Crippen molar-refractivity contribution in [2.45, 2.75) is 13.0 Å². The zero-order valence-electron chi connectivity index (χ0n) is 14.7. The van der Waals surface area contributed by atoms with E-state index in [4.69, 9.17) is 4.74 Å². The van der Waals surface area contributed by atoms with Gasteiger partial charge in [0.05, 0.1) is 13.2 Å². The van der Waals surface area contributed by atoms with Crippen molar-refractivity contribution in [2.75, 3.05) is 58.4 Å². The minimum Gasteiger partial charge on any atom is -0.379 e. The molecule has 0 spiro atoms. The van der Waals surface area contributed by atoms with Crippen molar-refractivity contribution in [1.82, 2.24) is 14.3 Å². The van der Waals surface area contributed by atoms with Crippen molar-refractivity contribution in [3.8, 4) is 0 Å². The van der Waals surface area contributed by atoms with Gasteiger partial charge in [0.1, 0.15) is 0 Å². The average molecular weight is 356 g/mol. The van der Waals surface area contributed by atoms with Gasteiger partial charge in [-0.2, -0.15) is 8.42 Å². The van der Waals surface area contributed by atoms with Crippen LogP contribution in [0.5, 0.6) is 0 Å². The van der Waals surface area contributed by atoms with Crippen LogP contribution in [0.15, 0.2) is 24.3 Å². The molecule has 1 fully saturated rings. The largest absolute Gasteiger partial charge is 0.379 e.